The number of carbonyl (C=O) groups is 2. The van der Waals surface area contributed by atoms with Crippen LogP contribution in [0.2, 0.25) is 5.02 Å². The van der Waals surface area contributed by atoms with Crippen molar-refractivity contribution in [2.45, 2.75) is 12.8 Å². The molecule has 0 heterocycles. The van der Waals surface area contributed by atoms with Gasteiger partial charge < -0.3 is 14.8 Å². The molecule has 0 spiro atoms. The Kier molecular flexibility index (Phi) is 8.28. The Balaban J connectivity index is 1.84. The van der Waals surface area contributed by atoms with Gasteiger partial charge in [-0.05, 0) is 46.3 Å². The molecule has 0 saturated heterocycles. The molecule has 0 fully saturated rings. The molecule has 0 aliphatic rings. The van der Waals surface area contributed by atoms with Gasteiger partial charge in [-0.15, -0.1) is 0 Å². The summed E-state index contributed by atoms with van der Waals surface area (Å²) in [5, 5.41) is 7.17. The molecule has 9 heteroatoms. The van der Waals surface area contributed by atoms with Crippen LogP contribution in [0.25, 0.3) is 0 Å². The summed E-state index contributed by atoms with van der Waals surface area (Å²) in [7, 11) is 3.08. The Labute approximate surface area is 176 Å². The number of nitrogens with one attached hydrogen (secondary N) is 2. The molecular formula is C19H19BrClN3O4. The first kappa shape index (κ1) is 21.7. The van der Waals surface area contributed by atoms with Gasteiger partial charge in [0, 0.05) is 35.2 Å². The van der Waals surface area contributed by atoms with Gasteiger partial charge in [0.05, 0.1) is 24.9 Å². The van der Waals surface area contributed by atoms with E-state index in [4.69, 9.17) is 21.1 Å². The van der Waals surface area contributed by atoms with E-state index >= 15 is 0 Å². The van der Waals surface area contributed by atoms with Crippen LogP contribution in [0, 0.1) is 0 Å². The van der Waals surface area contributed by atoms with Crippen molar-refractivity contribution >= 4 is 51.2 Å². The molecule has 2 aromatic rings. The quantitative estimate of drug-likeness (QED) is 0.453. The number of rotatable bonds is 8. The van der Waals surface area contributed by atoms with Crippen LogP contribution in [-0.4, -0.2) is 32.2 Å². The fraction of sp³-hybridized carbons (Fsp3) is 0.211. The minimum Gasteiger partial charge on any atom is -0.496 e. The Morgan fingerprint density at radius 3 is 2.36 bits per heavy atom. The van der Waals surface area contributed by atoms with Crippen LogP contribution >= 0.6 is 27.5 Å². The van der Waals surface area contributed by atoms with Crippen molar-refractivity contribution in [1.29, 1.82) is 0 Å². The number of benzene rings is 2. The molecule has 2 aromatic carbocycles. The predicted octanol–water partition coefficient (Wildman–Crippen LogP) is 3.99. The van der Waals surface area contributed by atoms with Gasteiger partial charge in [0.1, 0.15) is 11.5 Å². The maximum atomic E-state index is 11.9. The first-order chi connectivity index (χ1) is 13.4. The number of anilines is 1. The number of nitrogens with zero attached hydrogens (tertiary/aromatic N) is 1. The normalized spacial score (nSPS) is 10.6. The number of hydrogen-bond acceptors (Lipinski definition) is 5. The van der Waals surface area contributed by atoms with Gasteiger partial charge in [0.25, 0.3) is 0 Å². The van der Waals surface area contributed by atoms with E-state index in [1.807, 2.05) is 0 Å². The van der Waals surface area contributed by atoms with Crippen LogP contribution in [0.4, 0.5) is 5.69 Å². The second-order valence-electron chi connectivity index (χ2n) is 5.58. The molecule has 2 amide bonds. The Morgan fingerprint density at radius 1 is 1.07 bits per heavy atom. The molecule has 0 saturated carbocycles. The topological polar surface area (TPSA) is 89.0 Å². The summed E-state index contributed by atoms with van der Waals surface area (Å²) in [6.45, 7) is 0. The zero-order valence-electron chi connectivity index (χ0n) is 15.3. The molecule has 0 aliphatic carbocycles. The van der Waals surface area contributed by atoms with Gasteiger partial charge in [-0.2, -0.15) is 5.10 Å². The zero-order valence-corrected chi connectivity index (χ0v) is 17.6. The molecular weight excluding hydrogens is 450 g/mol. The number of halogens is 2. The summed E-state index contributed by atoms with van der Waals surface area (Å²) >= 11 is 9.17. The van der Waals surface area contributed by atoms with Gasteiger partial charge in [-0.1, -0.05) is 11.6 Å². The lowest BCUT2D eigenvalue weighted by Crippen LogP contribution is -2.20. The van der Waals surface area contributed by atoms with Crippen molar-refractivity contribution in [2.75, 3.05) is 19.5 Å². The third kappa shape index (κ3) is 6.54. The molecule has 0 aromatic heterocycles. The molecule has 0 radical (unpaired) electrons. The van der Waals surface area contributed by atoms with Crippen LogP contribution in [-0.2, 0) is 9.59 Å². The van der Waals surface area contributed by atoms with E-state index in [9.17, 15) is 9.59 Å². The van der Waals surface area contributed by atoms with Gasteiger partial charge in [0.2, 0.25) is 11.8 Å². The van der Waals surface area contributed by atoms with Crippen molar-refractivity contribution < 1.29 is 19.1 Å². The molecule has 0 unspecified atom stereocenters. The first-order valence-electron chi connectivity index (χ1n) is 8.21. The fourth-order valence-corrected chi connectivity index (χ4v) is 2.85. The Morgan fingerprint density at radius 2 is 1.71 bits per heavy atom. The lowest BCUT2D eigenvalue weighted by atomic mass is 10.2. The van der Waals surface area contributed by atoms with Gasteiger partial charge in [-0.3, -0.25) is 9.59 Å². The predicted molar refractivity (Wildman–Crippen MR) is 112 cm³/mol. The molecule has 148 valence electrons. The lowest BCUT2D eigenvalue weighted by Gasteiger charge is -2.09. The molecule has 0 atom stereocenters. The van der Waals surface area contributed by atoms with Crippen molar-refractivity contribution in [1.82, 2.24) is 5.43 Å². The van der Waals surface area contributed by atoms with E-state index < -0.39 is 0 Å². The smallest absolute Gasteiger partial charge is 0.240 e. The van der Waals surface area contributed by atoms with Crippen LogP contribution in [0.15, 0.2) is 46.0 Å². The van der Waals surface area contributed by atoms with Crippen LogP contribution in [0.5, 0.6) is 11.5 Å². The molecule has 0 bridgehead atoms. The SMILES string of the molecule is COc1cc(OC)c(/C=N\NC(=O)CCC(=O)Nc2ccc(Cl)cc2)cc1Br. The van der Waals surface area contributed by atoms with Crippen molar-refractivity contribution in [3.05, 3.63) is 51.5 Å². The fourth-order valence-electron chi connectivity index (χ4n) is 2.20. The summed E-state index contributed by atoms with van der Waals surface area (Å²) in [5.41, 5.74) is 3.65. The minimum atomic E-state index is -0.381. The van der Waals surface area contributed by atoms with Gasteiger partial charge in [0.15, 0.2) is 0 Å². The van der Waals surface area contributed by atoms with E-state index in [2.05, 4.69) is 31.8 Å². The van der Waals surface area contributed by atoms with Crippen molar-refractivity contribution in [3.63, 3.8) is 0 Å². The maximum Gasteiger partial charge on any atom is 0.240 e. The molecule has 0 aliphatic heterocycles. The standard InChI is InChI=1S/C19H19BrClN3O4/c1-27-16-10-17(28-2)15(20)9-12(16)11-22-24-19(26)8-7-18(25)23-14-5-3-13(21)4-6-14/h3-6,9-11H,7-8H2,1-2H3,(H,23,25)(H,24,26)/b22-11-. The van der Waals surface area contributed by atoms with E-state index in [1.54, 1.807) is 43.5 Å². The highest BCUT2D eigenvalue weighted by molar-refractivity contribution is 9.10. The van der Waals surface area contributed by atoms with Crippen molar-refractivity contribution in [3.8, 4) is 11.5 Å². The lowest BCUT2D eigenvalue weighted by molar-refractivity contribution is -0.124. The van der Waals surface area contributed by atoms with E-state index in [0.29, 0.717) is 27.8 Å². The maximum absolute atomic E-state index is 11.9. The highest BCUT2D eigenvalue weighted by Gasteiger charge is 2.09. The van der Waals surface area contributed by atoms with Gasteiger partial charge in [-0.25, -0.2) is 5.43 Å². The number of amides is 2. The molecule has 2 rings (SSSR count). The number of ether oxygens (including phenoxy) is 2. The molecule has 2 N–H and O–H groups in total. The molecule has 28 heavy (non-hydrogen) atoms. The number of hydrogen-bond donors (Lipinski definition) is 2. The summed E-state index contributed by atoms with van der Waals surface area (Å²) in [6, 6.07) is 10.2. The summed E-state index contributed by atoms with van der Waals surface area (Å²) in [4.78, 5) is 23.8. The monoisotopic (exact) mass is 467 g/mol. The first-order valence-corrected chi connectivity index (χ1v) is 9.39. The van der Waals surface area contributed by atoms with Gasteiger partial charge >= 0.3 is 0 Å². The summed E-state index contributed by atoms with van der Waals surface area (Å²) in [5.74, 6) is 0.501. The average molecular weight is 469 g/mol. The summed E-state index contributed by atoms with van der Waals surface area (Å²) in [6.07, 6.45) is 1.48. The summed E-state index contributed by atoms with van der Waals surface area (Å²) < 4.78 is 11.2. The number of hydrazone groups is 1. The van der Waals surface area contributed by atoms with E-state index in [0.717, 1.165) is 4.47 Å². The van der Waals surface area contributed by atoms with Crippen LogP contribution in [0.3, 0.4) is 0 Å². The third-order valence-electron chi connectivity index (χ3n) is 3.60. The number of methoxy groups -OCH3 is 2. The van der Waals surface area contributed by atoms with Crippen LogP contribution < -0.4 is 20.2 Å². The van der Waals surface area contributed by atoms with E-state index in [-0.39, 0.29) is 24.7 Å². The second kappa shape index (κ2) is 10.7. The minimum absolute atomic E-state index is 0.000203. The third-order valence-corrected chi connectivity index (χ3v) is 4.48. The largest absolute Gasteiger partial charge is 0.496 e. The highest BCUT2D eigenvalue weighted by Crippen LogP contribution is 2.31. The Hall–Kier alpha value is -2.58. The second-order valence-corrected chi connectivity index (χ2v) is 6.87. The Bertz CT molecular complexity index is 872. The van der Waals surface area contributed by atoms with Crippen LogP contribution in [0.1, 0.15) is 18.4 Å². The number of carbonyl (C=O) groups excluding carboxylic acids is 2. The average Bonchev–Trinajstić information content (AvgIpc) is 2.68. The molecule has 7 nitrogen and oxygen atoms in total. The van der Waals surface area contributed by atoms with Crippen molar-refractivity contribution in [2.24, 2.45) is 5.10 Å². The van der Waals surface area contributed by atoms with E-state index in [1.165, 1.54) is 13.3 Å². The zero-order chi connectivity index (χ0) is 20.5. The highest BCUT2D eigenvalue weighted by atomic mass is 79.9.